The van der Waals surface area contributed by atoms with Gasteiger partial charge in [0.1, 0.15) is 18.1 Å². The van der Waals surface area contributed by atoms with E-state index in [-0.39, 0.29) is 12.8 Å². The molecule has 0 heterocycles. The fourth-order valence-electron chi connectivity index (χ4n) is 2.82. The van der Waals surface area contributed by atoms with Gasteiger partial charge in [-0.2, -0.15) is 0 Å². The average molecular weight is 480 g/mol. The van der Waals surface area contributed by atoms with Gasteiger partial charge in [0.05, 0.1) is 12.5 Å². The Labute approximate surface area is 194 Å². The summed E-state index contributed by atoms with van der Waals surface area (Å²) >= 11 is 0. The van der Waals surface area contributed by atoms with Gasteiger partial charge in [-0.3, -0.25) is 24.0 Å². The molecule has 0 saturated heterocycles. The van der Waals surface area contributed by atoms with Gasteiger partial charge < -0.3 is 37.0 Å². The molecule has 0 fully saturated rings. The Kier molecular flexibility index (Phi) is 11.2. The molecule has 0 spiro atoms. The van der Waals surface area contributed by atoms with Crippen molar-refractivity contribution in [2.75, 3.05) is 0 Å². The van der Waals surface area contributed by atoms with E-state index < -0.39 is 72.6 Å². The number of hydrogen-bond acceptors (Lipinski definition) is 7. The molecule has 0 bridgehead atoms. The number of aliphatic carboxylic acids is 3. The molecule has 0 aromatic heterocycles. The number of nitrogens with one attached hydrogen (secondary N) is 3. The molecule has 1 aromatic rings. The Bertz CT molecular complexity index is 905. The van der Waals surface area contributed by atoms with Gasteiger partial charge in [-0.25, -0.2) is 4.79 Å². The molecule has 34 heavy (non-hydrogen) atoms. The van der Waals surface area contributed by atoms with Crippen LogP contribution >= 0.6 is 0 Å². The summed E-state index contributed by atoms with van der Waals surface area (Å²) in [7, 11) is 0. The fourth-order valence-corrected chi connectivity index (χ4v) is 2.82. The third-order valence-corrected chi connectivity index (χ3v) is 4.60. The highest BCUT2D eigenvalue weighted by Crippen LogP contribution is 2.07. The summed E-state index contributed by atoms with van der Waals surface area (Å²) < 4.78 is 0. The molecule has 0 aliphatic rings. The number of amides is 3. The summed E-state index contributed by atoms with van der Waals surface area (Å²) in [5, 5.41) is 33.8. The van der Waals surface area contributed by atoms with Crippen LogP contribution in [0, 0.1) is 0 Å². The summed E-state index contributed by atoms with van der Waals surface area (Å²) in [6.45, 7) is 1.36. The van der Waals surface area contributed by atoms with Crippen molar-refractivity contribution in [3.05, 3.63) is 35.9 Å². The summed E-state index contributed by atoms with van der Waals surface area (Å²) in [5.41, 5.74) is 6.08. The van der Waals surface area contributed by atoms with Crippen LogP contribution in [0.25, 0.3) is 0 Å². The van der Waals surface area contributed by atoms with Crippen LogP contribution in [-0.4, -0.2) is 75.1 Å². The molecule has 0 saturated carbocycles. The van der Waals surface area contributed by atoms with Crippen molar-refractivity contribution in [1.82, 2.24) is 16.0 Å². The van der Waals surface area contributed by atoms with Gasteiger partial charge in [0.15, 0.2) is 0 Å². The zero-order chi connectivity index (χ0) is 25.8. The monoisotopic (exact) mass is 480 g/mol. The molecule has 1 rings (SSSR count). The Morgan fingerprint density at radius 3 is 1.82 bits per heavy atom. The third kappa shape index (κ3) is 10.1. The first kappa shape index (κ1) is 28.0. The molecule has 8 N–H and O–H groups in total. The van der Waals surface area contributed by atoms with Crippen LogP contribution < -0.4 is 21.7 Å². The topological polar surface area (TPSA) is 225 Å². The zero-order valence-corrected chi connectivity index (χ0v) is 18.4. The van der Waals surface area contributed by atoms with E-state index >= 15 is 0 Å². The molecular weight excluding hydrogens is 452 g/mol. The summed E-state index contributed by atoms with van der Waals surface area (Å²) in [4.78, 5) is 70.9. The Balaban J connectivity index is 3.12. The van der Waals surface area contributed by atoms with Crippen LogP contribution in [0.5, 0.6) is 0 Å². The molecule has 0 aliphatic heterocycles. The van der Waals surface area contributed by atoms with Gasteiger partial charge in [0, 0.05) is 12.8 Å². The molecule has 4 atom stereocenters. The number of rotatable bonds is 14. The maximum Gasteiger partial charge on any atom is 0.326 e. The lowest BCUT2D eigenvalue weighted by atomic mass is 10.0. The lowest BCUT2D eigenvalue weighted by molar-refractivity contribution is -0.147. The number of hydrogen-bond donors (Lipinski definition) is 7. The van der Waals surface area contributed by atoms with Crippen molar-refractivity contribution >= 4 is 35.6 Å². The fraction of sp³-hybridized carbons (Fsp3) is 0.429. The normalized spacial score (nSPS) is 14.1. The van der Waals surface area contributed by atoms with Crippen LogP contribution in [-0.2, 0) is 35.2 Å². The summed E-state index contributed by atoms with van der Waals surface area (Å²) in [5.74, 6) is -6.84. The van der Waals surface area contributed by atoms with E-state index in [1.807, 2.05) is 0 Å². The van der Waals surface area contributed by atoms with Crippen LogP contribution in [0.15, 0.2) is 30.3 Å². The standard InChI is InChI=1S/C21H28N4O9/c1-11(22)18(30)23-13(7-8-16(26)27)19(31)24-14(9-12-5-3-2-4-6-12)20(32)25-15(21(33)34)10-17(28)29/h2-6,11,13-15H,7-10,22H2,1H3,(H,23,30)(H,24,31)(H,25,32)(H,26,27)(H,28,29)(H,33,34). The van der Waals surface area contributed by atoms with Crippen LogP contribution in [0.1, 0.15) is 31.7 Å². The SMILES string of the molecule is CC(N)C(=O)NC(CCC(=O)O)C(=O)NC(Cc1ccccc1)C(=O)NC(CC(=O)O)C(=O)O. The third-order valence-electron chi connectivity index (χ3n) is 4.60. The maximum atomic E-state index is 12.9. The second-order valence-electron chi connectivity index (χ2n) is 7.53. The quantitative estimate of drug-likeness (QED) is 0.162. The number of carboxylic acid groups (broad SMARTS) is 3. The smallest absolute Gasteiger partial charge is 0.326 e. The van der Waals surface area contributed by atoms with E-state index in [9.17, 15) is 33.9 Å². The van der Waals surface area contributed by atoms with Crippen LogP contribution in [0.3, 0.4) is 0 Å². The molecule has 13 nitrogen and oxygen atoms in total. The lowest BCUT2D eigenvalue weighted by Gasteiger charge is -2.24. The van der Waals surface area contributed by atoms with E-state index in [0.29, 0.717) is 5.56 Å². The largest absolute Gasteiger partial charge is 0.481 e. The molecule has 1 aromatic carbocycles. The molecule has 3 amide bonds. The Hall–Kier alpha value is -4.00. The molecular formula is C21H28N4O9. The van der Waals surface area contributed by atoms with Crippen molar-refractivity contribution < 1.29 is 44.1 Å². The van der Waals surface area contributed by atoms with E-state index in [1.165, 1.54) is 6.92 Å². The van der Waals surface area contributed by atoms with Gasteiger partial charge in [-0.1, -0.05) is 30.3 Å². The number of carboxylic acids is 3. The van der Waals surface area contributed by atoms with E-state index in [1.54, 1.807) is 30.3 Å². The highest BCUT2D eigenvalue weighted by molar-refractivity contribution is 5.94. The Morgan fingerprint density at radius 2 is 1.32 bits per heavy atom. The second kappa shape index (κ2) is 13.5. The highest BCUT2D eigenvalue weighted by Gasteiger charge is 2.31. The first-order chi connectivity index (χ1) is 15.9. The molecule has 186 valence electrons. The van der Waals surface area contributed by atoms with Gasteiger partial charge in [-0.05, 0) is 18.9 Å². The van der Waals surface area contributed by atoms with E-state index in [4.69, 9.17) is 15.9 Å². The number of carbonyl (C=O) groups excluding carboxylic acids is 3. The van der Waals surface area contributed by atoms with Crippen molar-refractivity contribution in [1.29, 1.82) is 0 Å². The minimum Gasteiger partial charge on any atom is -0.481 e. The second-order valence-corrected chi connectivity index (χ2v) is 7.53. The molecule has 0 aliphatic carbocycles. The van der Waals surface area contributed by atoms with Crippen molar-refractivity contribution in [3.63, 3.8) is 0 Å². The van der Waals surface area contributed by atoms with Crippen molar-refractivity contribution in [2.45, 2.75) is 56.8 Å². The highest BCUT2D eigenvalue weighted by atomic mass is 16.4. The predicted octanol–water partition coefficient (Wildman–Crippen LogP) is -1.55. The van der Waals surface area contributed by atoms with Crippen molar-refractivity contribution in [2.24, 2.45) is 5.73 Å². The maximum absolute atomic E-state index is 12.9. The molecule has 13 heteroatoms. The molecule has 0 radical (unpaired) electrons. The van der Waals surface area contributed by atoms with Crippen LogP contribution in [0.2, 0.25) is 0 Å². The first-order valence-electron chi connectivity index (χ1n) is 10.3. The zero-order valence-electron chi connectivity index (χ0n) is 18.4. The van der Waals surface area contributed by atoms with E-state index in [0.717, 1.165) is 0 Å². The van der Waals surface area contributed by atoms with Gasteiger partial charge >= 0.3 is 17.9 Å². The van der Waals surface area contributed by atoms with Crippen LogP contribution in [0.4, 0.5) is 0 Å². The van der Waals surface area contributed by atoms with Gasteiger partial charge in [-0.15, -0.1) is 0 Å². The number of carbonyl (C=O) groups is 6. The minimum atomic E-state index is -1.75. The minimum absolute atomic E-state index is 0.0925. The average Bonchev–Trinajstić information content (AvgIpc) is 2.75. The number of benzene rings is 1. The predicted molar refractivity (Wildman–Crippen MR) is 116 cm³/mol. The van der Waals surface area contributed by atoms with Crippen molar-refractivity contribution in [3.8, 4) is 0 Å². The van der Waals surface area contributed by atoms with Gasteiger partial charge in [0.2, 0.25) is 17.7 Å². The van der Waals surface area contributed by atoms with Gasteiger partial charge in [0.25, 0.3) is 0 Å². The summed E-state index contributed by atoms with van der Waals surface area (Å²) in [6, 6.07) is 2.94. The summed E-state index contributed by atoms with van der Waals surface area (Å²) in [6.07, 6.45) is -1.74. The number of nitrogens with two attached hydrogens (primary N) is 1. The first-order valence-corrected chi connectivity index (χ1v) is 10.3. The molecule has 4 unspecified atom stereocenters. The Morgan fingerprint density at radius 1 is 0.794 bits per heavy atom. The van der Waals surface area contributed by atoms with E-state index in [2.05, 4.69) is 16.0 Å². The lowest BCUT2D eigenvalue weighted by Crippen LogP contribution is -2.57.